The molecule has 0 bridgehead atoms. The van der Waals surface area contributed by atoms with E-state index in [0.29, 0.717) is 19.5 Å². The van der Waals surface area contributed by atoms with E-state index >= 15 is 0 Å². The molecule has 0 aromatic heterocycles. The topological polar surface area (TPSA) is 113 Å². The summed E-state index contributed by atoms with van der Waals surface area (Å²) in [5.74, 6) is -0.771. The summed E-state index contributed by atoms with van der Waals surface area (Å²) >= 11 is 0. The molecule has 1 atom stereocenters. The average Bonchev–Trinajstić information content (AvgIpc) is 2.55. The SMILES string of the molecule is CC(=O)N[C@@H](CCC(N)=O)C(=O)N1CCC2(CCC(=O)N(C)C2)CC1. The van der Waals surface area contributed by atoms with Crippen LogP contribution in [0.3, 0.4) is 0 Å². The van der Waals surface area contributed by atoms with Crippen molar-refractivity contribution in [2.45, 2.75) is 51.5 Å². The van der Waals surface area contributed by atoms with Crippen LogP contribution in [0.4, 0.5) is 0 Å². The number of likely N-dealkylation sites (tertiary alicyclic amines) is 2. The normalized spacial score (nSPS) is 21.1. The van der Waals surface area contributed by atoms with Gasteiger partial charge in [-0.1, -0.05) is 0 Å². The summed E-state index contributed by atoms with van der Waals surface area (Å²) in [4.78, 5) is 50.3. The molecule has 2 rings (SSSR count). The molecule has 0 saturated carbocycles. The second kappa shape index (κ2) is 7.84. The summed E-state index contributed by atoms with van der Waals surface area (Å²) in [6, 6.07) is -0.713. The fraction of sp³-hybridized carbons (Fsp3) is 0.765. The molecule has 2 heterocycles. The zero-order valence-electron chi connectivity index (χ0n) is 15.0. The first-order valence-corrected chi connectivity index (χ1v) is 8.81. The molecule has 2 saturated heterocycles. The van der Waals surface area contributed by atoms with Gasteiger partial charge in [0.05, 0.1) is 0 Å². The van der Waals surface area contributed by atoms with E-state index in [0.717, 1.165) is 25.8 Å². The summed E-state index contributed by atoms with van der Waals surface area (Å²) in [5, 5.41) is 2.63. The Kier molecular flexibility index (Phi) is 6.02. The van der Waals surface area contributed by atoms with Gasteiger partial charge in [0.25, 0.3) is 0 Å². The van der Waals surface area contributed by atoms with Gasteiger partial charge in [0.2, 0.25) is 23.6 Å². The van der Waals surface area contributed by atoms with Gasteiger partial charge in [0, 0.05) is 46.4 Å². The third-order valence-electron chi connectivity index (χ3n) is 5.36. The van der Waals surface area contributed by atoms with Crippen molar-refractivity contribution in [2.75, 3.05) is 26.7 Å². The summed E-state index contributed by atoms with van der Waals surface area (Å²) in [6.45, 7) is 3.30. The molecule has 1 spiro atoms. The van der Waals surface area contributed by atoms with Crippen LogP contribution in [0.25, 0.3) is 0 Å². The van der Waals surface area contributed by atoms with E-state index in [1.54, 1.807) is 9.80 Å². The number of hydrogen-bond donors (Lipinski definition) is 2. The zero-order chi connectivity index (χ0) is 18.6. The fourth-order valence-corrected chi connectivity index (χ4v) is 3.85. The highest BCUT2D eigenvalue weighted by atomic mass is 16.2. The van der Waals surface area contributed by atoms with Crippen LogP contribution in [-0.2, 0) is 19.2 Å². The molecule has 0 aromatic carbocycles. The van der Waals surface area contributed by atoms with E-state index in [1.807, 2.05) is 7.05 Å². The molecule has 0 aliphatic carbocycles. The minimum absolute atomic E-state index is 0.0569. The van der Waals surface area contributed by atoms with Crippen LogP contribution in [0.2, 0.25) is 0 Å². The maximum absolute atomic E-state index is 12.7. The van der Waals surface area contributed by atoms with Gasteiger partial charge < -0.3 is 20.9 Å². The van der Waals surface area contributed by atoms with E-state index in [-0.39, 0.29) is 36.0 Å². The Morgan fingerprint density at radius 1 is 1.24 bits per heavy atom. The van der Waals surface area contributed by atoms with Crippen LogP contribution >= 0.6 is 0 Å². The Hall–Kier alpha value is -2.12. The second-order valence-electron chi connectivity index (χ2n) is 7.33. The minimum Gasteiger partial charge on any atom is -0.370 e. The van der Waals surface area contributed by atoms with Crippen molar-refractivity contribution in [2.24, 2.45) is 11.1 Å². The molecule has 8 nitrogen and oxygen atoms in total. The van der Waals surface area contributed by atoms with Crippen LogP contribution < -0.4 is 11.1 Å². The fourth-order valence-electron chi connectivity index (χ4n) is 3.85. The van der Waals surface area contributed by atoms with Crippen molar-refractivity contribution >= 4 is 23.6 Å². The quantitative estimate of drug-likeness (QED) is 0.702. The molecule has 2 aliphatic heterocycles. The standard InChI is InChI=1S/C17H28N4O4/c1-12(22)19-13(3-4-14(18)23)16(25)21-9-7-17(8-10-21)6-5-15(24)20(2)11-17/h13H,3-11H2,1-2H3,(H2,18,23)(H,19,22)/t13-/m0/s1. The van der Waals surface area contributed by atoms with Crippen molar-refractivity contribution in [1.82, 2.24) is 15.1 Å². The van der Waals surface area contributed by atoms with Crippen molar-refractivity contribution in [3.05, 3.63) is 0 Å². The summed E-state index contributed by atoms with van der Waals surface area (Å²) in [5.41, 5.74) is 5.25. The van der Waals surface area contributed by atoms with Gasteiger partial charge in [-0.25, -0.2) is 0 Å². The maximum Gasteiger partial charge on any atom is 0.245 e. The van der Waals surface area contributed by atoms with Crippen LogP contribution in [0.15, 0.2) is 0 Å². The van der Waals surface area contributed by atoms with Gasteiger partial charge in [0.15, 0.2) is 0 Å². The highest BCUT2D eigenvalue weighted by Gasteiger charge is 2.41. The predicted molar refractivity (Wildman–Crippen MR) is 91.2 cm³/mol. The first-order chi connectivity index (χ1) is 11.7. The molecular weight excluding hydrogens is 324 g/mol. The predicted octanol–water partition coefficient (Wildman–Crippen LogP) is -0.382. The van der Waals surface area contributed by atoms with Crippen molar-refractivity contribution in [3.63, 3.8) is 0 Å². The number of nitrogens with two attached hydrogens (primary N) is 1. The Balaban J connectivity index is 1.95. The number of carbonyl (C=O) groups excluding carboxylic acids is 4. The Morgan fingerprint density at radius 2 is 1.88 bits per heavy atom. The molecular formula is C17H28N4O4. The third kappa shape index (κ3) is 4.93. The first-order valence-electron chi connectivity index (χ1n) is 8.81. The molecule has 2 aliphatic rings. The molecule has 8 heteroatoms. The molecule has 140 valence electrons. The van der Waals surface area contributed by atoms with E-state index in [9.17, 15) is 19.2 Å². The van der Waals surface area contributed by atoms with Crippen molar-refractivity contribution in [3.8, 4) is 0 Å². The number of nitrogens with one attached hydrogen (secondary N) is 1. The largest absolute Gasteiger partial charge is 0.370 e. The molecule has 3 N–H and O–H groups in total. The van der Waals surface area contributed by atoms with Gasteiger partial charge in [-0.3, -0.25) is 19.2 Å². The average molecular weight is 352 g/mol. The number of hydrogen-bond acceptors (Lipinski definition) is 4. The van der Waals surface area contributed by atoms with E-state index in [4.69, 9.17) is 5.73 Å². The van der Waals surface area contributed by atoms with Gasteiger partial charge in [0.1, 0.15) is 6.04 Å². The lowest BCUT2D eigenvalue weighted by atomic mass is 9.72. The van der Waals surface area contributed by atoms with E-state index < -0.39 is 11.9 Å². The number of primary amides is 1. The molecule has 2 fully saturated rings. The monoisotopic (exact) mass is 352 g/mol. The van der Waals surface area contributed by atoms with Crippen LogP contribution in [0.1, 0.15) is 45.4 Å². The molecule has 0 radical (unpaired) electrons. The second-order valence-corrected chi connectivity index (χ2v) is 7.33. The molecule has 25 heavy (non-hydrogen) atoms. The number of rotatable bonds is 5. The van der Waals surface area contributed by atoms with E-state index in [2.05, 4.69) is 5.32 Å². The number of nitrogens with zero attached hydrogens (tertiary/aromatic N) is 2. The molecule has 0 aromatic rings. The first kappa shape index (κ1) is 19.2. The summed E-state index contributed by atoms with van der Waals surface area (Å²) in [6.07, 6.45) is 3.40. The number of piperidine rings is 2. The number of carbonyl (C=O) groups is 4. The van der Waals surface area contributed by atoms with Crippen LogP contribution in [0.5, 0.6) is 0 Å². The lowest BCUT2D eigenvalue weighted by Gasteiger charge is -2.47. The Bertz CT molecular complexity index is 555. The smallest absolute Gasteiger partial charge is 0.245 e. The zero-order valence-corrected chi connectivity index (χ0v) is 15.0. The summed E-state index contributed by atoms with van der Waals surface area (Å²) < 4.78 is 0. The van der Waals surface area contributed by atoms with Gasteiger partial charge in [-0.2, -0.15) is 0 Å². The van der Waals surface area contributed by atoms with Crippen LogP contribution in [0, 0.1) is 5.41 Å². The third-order valence-corrected chi connectivity index (χ3v) is 5.36. The number of amides is 4. The van der Waals surface area contributed by atoms with Gasteiger partial charge in [-0.05, 0) is 31.1 Å². The molecule has 4 amide bonds. The summed E-state index contributed by atoms with van der Waals surface area (Å²) in [7, 11) is 1.83. The molecule has 0 unspecified atom stereocenters. The highest BCUT2D eigenvalue weighted by Crippen LogP contribution is 2.39. The van der Waals surface area contributed by atoms with Crippen molar-refractivity contribution < 1.29 is 19.2 Å². The van der Waals surface area contributed by atoms with E-state index in [1.165, 1.54) is 6.92 Å². The van der Waals surface area contributed by atoms with Crippen molar-refractivity contribution in [1.29, 1.82) is 0 Å². The maximum atomic E-state index is 12.7. The van der Waals surface area contributed by atoms with Gasteiger partial charge >= 0.3 is 0 Å². The minimum atomic E-state index is -0.713. The lowest BCUT2D eigenvalue weighted by molar-refractivity contribution is -0.143. The Labute approximate surface area is 148 Å². The van der Waals surface area contributed by atoms with Crippen LogP contribution in [-0.4, -0.2) is 66.2 Å². The highest BCUT2D eigenvalue weighted by molar-refractivity contribution is 5.87. The Morgan fingerprint density at radius 3 is 2.40 bits per heavy atom. The lowest BCUT2D eigenvalue weighted by Crippen LogP contribution is -2.55. The van der Waals surface area contributed by atoms with Gasteiger partial charge in [-0.15, -0.1) is 0 Å².